The van der Waals surface area contributed by atoms with E-state index in [1.807, 2.05) is 6.92 Å². The van der Waals surface area contributed by atoms with Crippen molar-refractivity contribution in [1.29, 1.82) is 0 Å². The van der Waals surface area contributed by atoms with Crippen LogP contribution in [0.5, 0.6) is 0 Å². The van der Waals surface area contributed by atoms with Crippen LogP contribution in [-0.4, -0.2) is 23.1 Å². The van der Waals surface area contributed by atoms with Gasteiger partial charge >= 0.3 is 0 Å². The average molecular weight is 254 g/mol. The van der Waals surface area contributed by atoms with Crippen LogP contribution in [0.15, 0.2) is 0 Å². The molecule has 1 aliphatic carbocycles. The molecule has 0 aliphatic heterocycles. The maximum absolute atomic E-state index is 6.17. The summed E-state index contributed by atoms with van der Waals surface area (Å²) >= 11 is 6.17. The Kier molecular flexibility index (Phi) is 3.87. The molecule has 0 atom stereocenters. The van der Waals surface area contributed by atoms with Gasteiger partial charge in [-0.05, 0) is 19.8 Å². The maximum Gasteiger partial charge on any atom is 0.137 e. The van der Waals surface area contributed by atoms with Crippen molar-refractivity contribution in [3.05, 3.63) is 16.5 Å². The summed E-state index contributed by atoms with van der Waals surface area (Å²) in [5, 5.41) is 0.594. The molecule has 1 saturated carbocycles. The Labute approximate surface area is 108 Å². The molecule has 1 fully saturated rings. The van der Waals surface area contributed by atoms with Gasteiger partial charge in [0.1, 0.15) is 16.8 Å². The van der Waals surface area contributed by atoms with Gasteiger partial charge in [-0.25, -0.2) is 9.97 Å². The molecule has 1 heterocycles. The highest BCUT2D eigenvalue weighted by molar-refractivity contribution is 6.30. The molecule has 2 rings (SSSR count). The minimum atomic E-state index is 0.594. The van der Waals surface area contributed by atoms with Gasteiger partial charge < -0.3 is 4.90 Å². The smallest absolute Gasteiger partial charge is 0.137 e. The Morgan fingerprint density at radius 2 is 1.94 bits per heavy atom. The maximum atomic E-state index is 6.17. The summed E-state index contributed by atoms with van der Waals surface area (Å²) in [6, 6.07) is 0.615. The lowest BCUT2D eigenvalue weighted by Gasteiger charge is -2.27. The number of halogens is 1. The van der Waals surface area contributed by atoms with Gasteiger partial charge in [0.25, 0.3) is 0 Å². The van der Waals surface area contributed by atoms with Crippen molar-refractivity contribution in [3.8, 4) is 0 Å². The summed E-state index contributed by atoms with van der Waals surface area (Å²) in [6.07, 6.45) is 6.00. The number of nitrogens with zero attached hydrogens (tertiary/aromatic N) is 3. The molecule has 17 heavy (non-hydrogen) atoms. The van der Waals surface area contributed by atoms with E-state index in [0.29, 0.717) is 11.2 Å². The lowest BCUT2D eigenvalue weighted by Crippen LogP contribution is -2.30. The molecule has 0 unspecified atom stereocenters. The van der Waals surface area contributed by atoms with Gasteiger partial charge in [-0.1, -0.05) is 31.4 Å². The number of hydrogen-bond donors (Lipinski definition) is 0. The second-order valence-electron chi connectivity index (χ2n) is 4.78. The Bertz CT molecular complexity index is 400. The van der Waals surface area contributed by atoms with Crippen molar-refractivity contribution >= 4 is 17.4 Å². The van der Waals surface area contributed by atoms with E-state index in [2.05, 4.69) is 28.8 Å². The summed E-state index contributed by atoms with van der Waals surface area (Å²) in [5.41, 5.74) is 0.998. The zero-order valence-corrected chi connectivity index (χ0v) is 11.6. The topological polar surface area (TPSA) is 29.0 Å². The van der Waals surface area contributed by atoms with Crippen LogP contribution in [0.1, 0.15) is 44.0 Å². The van der Waals surface area contributed by atoms with Gasteiger partial charge in [0.2, 0.25) is 0 Å². The summed E-state index contributed by atoms with van der Waals surface area (Å²) in [4.78, 5) is 11.2. The summed E-state index contributed by atoms with van der Waals surface area (Å²) in [7, 11) is 2.13. The first-order valence-corrected chi connectivity index (χ1v) is 6.77. The molecule has 0 aromatic carbocycles. The van der Waals surface area contributed by atoms with Gasteiger partial charge in [0, 0.05) is 25.1 Å². The third-order valence-electron chi connectivity index (χ3n) is 3.63. The zero-order valence-electron chi connectivity index (χ0n) is 10.8. The Hall–Kier alpha value is -0.830. The molecule has 0 amide bonds. The van der Waals surface area contributed by atoms with E-state index in [1.165, 1.54) is 25.7 Å². The molecule has 4 heteroatoms. The van der Waals surface area contributed by atoms with Crippen molar-refractivity contribution in [3.63, 3.8) is 0 Å². The van der Waals surface area contributed by atoms with E-state index in [1.54, 1.807) is 0 Å². The van der Waals surface area contributed by atoms with E-state index >= 15 is 0 Å². The first kappa shape index (κ1) is 12.6. The van der Waals surface area contributed by atoms with Gasteiger partial charge in [-0.3, -0.25) is 0 Å². The van der Waals surface area contributed by atoms with E-state index in [9.17, 15) is 0 Å². The second kappa shape index (κ2) is 5.21. The largest absolute Gasteiger partial charge is 0.356 e. The molecule has 0 N–H and O–H groups in total. The quantitative estimate of drug-likeness (QED) is 0.774. The third-order valence-corrected chi connectivity index (χ3v) is 4.00. The SMILES string of the molecule is CCc1nc(Cl)c(C)c(N(C)C2CCCC2)n1. The highest BCUT2D eigenvalue weighted by Crippen LogP contribution is 2.29. The van der Waals surface area contributed by atoms with Crippen LogP contribution in [0.25, 0.3) is 0 Å². The first-order chi connectivity index (χ1) is 8.13. The molecule has 1 aliphatic rings. The number of anilines is 1. The van der Waals surface area contributed by atoms with Crippen LogP contribution in [0.2, 0.25) is 5.15 Å². The molecular formula is C13H20ClN3. The number of aryl methyl sites for hydroxylation is 1. The number of hydrogen-bond acceptors (Lipinski definition) is 3. The Morgan fingerprint density at radius 1 is 1.29 bits per heavy atom. The van der Waals surface area contributed by atoms with E-state index in [-0.39, 0.29) is 0 Å². The molecule has 1 aromatic heterocycles. The van der Waals surface area contributed by atoms with Crippen molar-refractivity contribution in [1.82, 2.24) is 9.97 Å². The van der Waals surface area contributed by atoms with Crippen molar-refractivity contribution < 1.29 is 0 Å². The zero-order chi connectivity index (χ0) is 12.4. The van der Waals surface area contributed by atoms with E-state index < -0.39 is 0 Å². The van der Waals surface area contributed by atoms with Crippen LogP contribution in [0.3, 0.4) is 0 Å². The molecular weight excluding hydrogens is 234 g/mol. The van der Waals surface area contributed by atoms with E-state index in [0.717, 1.165) is 23.6 Å². The second-order valence-corrected chi connectivity index (χ2v) is 5.14. The molecule has 1 aromatic rings. The highest BCUT2D eigenvalue weighted by atomic mass is 35.5. The monoisotopic (exact) mass is 253 g/mol. The van der Waals surface area contributed by atoms with Crippen LogP contribution >= 0.6 is 11.6 Å². The molecule has 0 bridgehead atoms. The highest BCUT2D eigenvalue weighted by Gasteiger charge is 2.23. The molecule has 0 saturated heterocycles. The van der Waals surface area contributed by atoms with Gasteiger partial charge in [0.05, 0.1) is 0 Å². The van der Waals surface area contributed by atoms with Crippen molar-refractivity contribution in [2.75, 3.05) is 11.9 Å². The Balaban J connectivity index is 2.32. The van der Waals surface area contributed by atoms with Crippen LogP contribution in [0, 0.1) is 6.92 Å². The minimum Gasteiger partial charge on any atom is -0.356 e. The summed E-state index contributed by atoms with van der Waals surface area (Å²) in [5.74, 6) is 1.84. The van der Waals surface area contributed by atoms with Gasteiger partial charge in [-0.2, -0.15) is 0 Å². The van der Waals surface area contributed by atoms with Gasteiger partial charge in [0.15, 0.2) is 0 Å². The lowest BCUT2D eigenvalue weighted by atomic mass is 10.2. The number of rotatable bonds is 3. The standard InChI is InChI=1S/C13H20ClN3/c1-4-11-15-12(14)9(2)13(16-11)17(3)10-7-5-6-8-10/h10H,4-8H2,1-3H3. The minimum absolute atomic E-state index is 0.594. The fraction of sp³-hybridized carbons (Fsp3) is 0.692. The summed E-state index contributed by atoms with van der Waals surface area (Å²) in [6.45, 7) is 4.06. The molecule has 94 valence electrons. The third kappa shape index (κ3) is 2.54. The fourth-order valence-corrected chi connectivity index (χ4v) is 2.67. The van der Waals surface area contributed by atoms with Crippen LogP contribution in [-0.2, 0) is 6.42 Å². The van der Waals surface area contributed by atoms with Crippen molar-refractivity contribution in [2.45, 2.75) is 52.0 Å². The average Bonchev–Trinajstić information content (AvgIpc) is 2.85. The van der Waals surface area contributed by atoms with Gasteiger partial charge in [-0.15, -0.1) is 0 Å². The molecule has 0 radical (unpaired) electrons. The number of aromatic nitrogens is 2. The molecule has 3 nitrogen and oxygen atoms in total. The summed E-state index contributed by atoms with van der Waals surface area (Å²) < 4.78 is 0. The Morgan fingerprint density at radius 3 is 2.53 bits per heavy atom. The first-order valence-electron chi connectivity index (χ1n) is 6.39. The fourth-order valence-electron chi connectivity index (χ4n) is 2.49. The normalized spacial score (nSPS) is 16.5. The predicted octanol–water partition coefficient (Wildman–Crippen LogP) is 3.38. The van der Waals surface area contributed by atoms with Crippen LogP contribution < -0.4 is 4.90 Å². The van der Waals surface area contributed by atoms with E-state index in [4.69, 9.17) is 11.6 Å². The lowest BCUT2D eigenvalue weighted by molar-refractivity contribution is 0.641. The van der Waals surface area contributed by atoms with Crippen LogP contribution in [0.4, 0.5) is 5.82 Å². The molecule has 0 spiro atoms. The predicted molar refractivity (Wildman–Crippen MR) is 71.8 cm³/mol. The van der Waals surface area contributed by atoms with Crippen molar-refractivity contribution in [2.24, 2.45) is 0 Å².